The second-order valence-corrected chi connectivity index (χ2v) is 5.97. The number of sulfonamides is 1. The molecule has 1 saturated heterocycles. The van der Waals surface area contributed by atoms with Gasteiger partial charge in [0.15, 0.2) is 0 Å². The Morgan fingerprint density at radius 2 is 1.89 bits per heavy atom. The van der Waals surface area contributed by atoms with Crippen LogP contribution in [-0.4, -0.2) is 26.9 Å². The molecule has 0 radical (unpaired) electrons. The lowest BCUT2D eigenvalue weighted by Crippen LogP contribution is -2.48. The highest BCUT2D eigenvalue weighted by atomic mass is 35.5. The van der Waals surface area contributed by atoms with E-state index < -0.39 is 22.0 Å². The predicted octanol–water partition coefficient (Wildman–Crippen LogP) is 1.06. The third-order valence-electron chi connectivity index (χ3n) is 2.92. The molecule has 0 unspecified atom stereocenters. The minimum atomic E-state index is -3.75. The Morgan fingerprint density at radius 1 is 1.21 bits per heavy atom. The Kier molecular flexibility index (Phi) is 5.78. The van der Waals surface area contributed by atoms with Crippen LogP contribution in [0.4, 0.5) is 0 Å². The van der Waals surface area contributed by atoms with Crippen molar-refractivity contribution in [2.75, 3.05) is 6.54 Å². The summed E-state index contributed by atoms with van der Waals surface area (Å²) < 4.78 is 26.0. The van der Waals surface area contributed by atoms with E-state index in [0.29, 0.717) is 6.42 Å². The van der Waals surface area contributed by atoms with E-state index in [2.05, 4.69) is 10.0 Å². The number of piperidine rings is 1. The van der Waals surface area contributed by atoms with Crippen LogP contribution in [0, 0.1) is 0 Å². The van der Waals surface area contributed by atoms with Crippen LogP contribution in [0.15, 0.2) is 35.2 Å². The fourth-order valence-corrected chi connectivity index (χ4v) is 2.98. The molecule has 0 saturated carbocycles. The summed E-state index contributed by atoms with van der Waals surface area (Å²) in [4.78, 5) is 11.9. The van der Waals surface area contributed by atoms with E-state index in [-0.39, 0.29) is 17.3 Å². The lowest BCUT2D eigenvalue weighted by atomic mass is 10.1. The lowest BCUT2D eigenvalue weighted by Gasteiger charge is -2.22. The Hall–Kier alpha value is -1.11. The zero-order valence-electron chi connectivity index (χ0n) is 10.3. The fraction of sp³-hybridized carbons (Fsp3) is 0.417. The number of amides is 1. The minimum Gasteiger partial charge on any atom is -0.306 e. The van der Waals surface area contributed by atoms with Gasteiger partial charge in [0, 0.05) is 0 Å². The Bertz CT molecular complexity index is 513. The molecule has 1 atom stereocenters. The largest absolute Gasteiger partial charge is 0.306 e. The van der Waals surface area contributed by atoms with Gasteiger partial charge in [-0.3, -0.25) is 4.79 Å². The predicted molar refractivity (Wildman–Crippen MR) is 74.7 cm³/mol. The van der Waals surface area contributed by atoms with Gasteiger partial charge in [-0.05, 0) is 31.5 Å². The molecule has 0 bridgehead atoms. The summed E-state index contributed by atoms with van der Waals surface area (Å²) in [6, 6.07) is 7.49. The number of hydrogen-bond donors (Lipinski definition) is 2. The van der Waals surface area contributed by atoms with Crippen molar-refractivity contribution in [2.45, 2.75) is 30.2 Å². The number of nitrogens with one attached hydrogen (secondary N) is 2. The first kappa shape index (κ1) is 15.9. The molecule has 2 N–H and O–H groups in total. The van der Waals surface area contributed by atoms with Gasteiger partial charge in [0.1, 0.15) is 0 Å². The monoisotopic (exact) mass is 304 g/mol. The first-order valence-corrected chi connectivity index (χ1v) is 7.43. The third-order valence-corrected chi connectivity index (χ3v) is 4.28. The lowest BCUT2D eigenvalue weighted by molar-refractivity contribution is -0.121. The van der Waals surface area contributed by atoms with E-state index in [1.54, 1.807) is 18.2 Å². The molecule has 1 aromatic carbocycles. The molecular weight excluding hydrogens is 288 g/mol. The normalized spacial score (nSPS) is 19.3. The highest BCUT2D eigenvalue weighted by molar-refractivity contribution is 7.90. The third kappa shape index (κ3) is 4.19. The van der Waals surface area contributed by atoms with Crippen molar-refractivity contribution in [2.24, 2.45) is 0 Å². The van der Waals surface area contributed by atoms with Crippen LogP contribution in [0.25, 0.3) is 0 Å². The molecule has 0 aromatic heterocycles. The first-order chi connectivity index (χ1) is 8.59. The average molecular weight is 305 g/mol. The molecule has 0 spiro atoms. The molecule has 7 heteroatoms. The van der Waals surface area contributed by atoms with Crippen LogP contribution in [0.2, 0.25) is 0 Å². The van der Waals surface area contributed by atoms with Gasteiger partial charge in [-0.15, -0.1) is 12.4 Å². The van der Waals surface area contributed by atoms with Gasteiger partial charge in [0.05, 0.1) is 10.9 Å². The van der Waals surface area contributed by atoms with Crippen molar-refractivity contribution in [3.05, 3.63) is 30.3 Å². The molecule has 19 heavy (non-hydrogen) atoms. The second-order valence-electron chi connectivity index (χ2n) is 4.29. The van der Waals surface area contributed by atoms with Crippen LogP contribution in [-0.2, 0) is 14.8 Å². The van der Waals surface area contributed by atoms with Crippen molar-refractivity contribution in [1.82, 2.24) is 10.0 Å². The Morgan fingerprint density at radius 3 is 2.47 bits per heavy atom. The number of carbonyl (C=O) groups excluding carboxylic acids is 1. The topological polar surface area (TPSA) is 75.3 Å². The molecule has 1 aliphatic rings. The van der Waals surface area contributed by atoms with Crippen molar-refractivity contribution in [3.63, 3.8) is 0 Å². The van der Waals surface area contributed by atoms with Crippen molar-refractivity contribution >= 4 is 28.3 Å². The molecular formula is C12H17ClN2O3S. The Balaban J connectivity index is 0.00000180. The van der Waals surface area contributed by atoms with Gasteiger partial charge < -0.3 is 5.32 Å². The number of benzene rings is 1. The van der Waals surface area contributed by atoms with Gasteiger partial charge in [-0.2, -0.15) is 0 Å². The zero-order valence-corrected chi connectivity index (χ0v) is 12.0. The second kappa shape index (κ2) is 6.88. The molecule has 1 aliphatic heterocycles. The maximum atomic E-state index is 11.9. The number of hydrogen-bond acceptors (Lipinski definition) is 4. The van der Waals surface area contributed by atoms with E-state index in [1.165, 1.54) is 12.1 Å². The molecule has 1 heterocycles. The van der Waals surface area contributed by atoms with E-state index in [1.807, 2.05) is 0 Å². The Labute approximate surface area is 119 Å². The van der Waals surface area contributed by atoms with Crippen LogP contribution in [0.5, 0.6) is 0 Å². The molecule has 5 nitrogen and oxygen atoms in total. The minimum absolute atomic E-state index is 0. The maximum Gasteiger partial charge on any atom is 0.264 e. The van der Waals surface area contributed by atoms with Crippen LogP contribution in [0.1, 0.15) is 19.3 Å². The molecule has 106 valence electrons. The van der Waals surface area contributed by atoms with Crippen LogP contribution < -0.4 is 10.0 Å². The standard InChI is InChI=1S/C12H16N2O3S.ClH/c15-12(11-8-4-5-9-13-11)14-18(16,17)10-6-2-1-3-7-10;/h1-3,6-7,11,13H,4-5,8-9H2,(H,14,15);1H/t11-;/m1./s1. The number of halogens is 1. The summed E-state index contributed by atoms with van der Waals surface area (Å²) in [7, 11) is -3.75. The SMILES string of the molecule is Cl.O=C(NS(=O)(=O)c1ccccc1)[C@H]1CCCCN1. The number of rotatable bonds is 3. The average Bonchev–Trinajstić information content (AvgIpc) is 2.40. The van der Waals surface area contributed by atoms with Crippen molar-refractivity contribution < 1.29 is 13.2 Å². The number of carbonyl (C=O) groups is 1. The van der Waals surface area contributed by atoms with Gasteiger partial charge >= 0.3 is 0 Å². The maximum absolute atomic E-state index is 11.9. The summed E-state index contributed by atoms with van der Waals surface area (Å²) in [5.41, 5.74) is 0. The summed E-state index contributed by atoms with van der Waals surface area (Å²) in [5, 5.41) is 3.02. The van der Waals surface area contributed by atoms with Gasteiger partial charge in [-0.25, -0.2) is 13.1 Å². The quantitative estimate of drug-likeness (QED) is 0.875. The first-order valence-electron chi connectivity index (χ1n) is 5.95. The highest BCUT2D eigenvalue weighted by Crippen LogP contribution is 2.10. The summed E-state index contributed by atoms with van der Waals surface area (Å²) in [6.07, 6.45) is 2.64. The molecule has 2 rings (SSSR count). The van der Waals surface area contributed by atoms with Gasteiger partial charge in [-0.1, -0.05) is 24.6 Å². The van der Waals surface area contributed by atoms with Crippen molar-refractivity contribution in [1.29, 1.82) is 0 Å². The molecule has 1 aromatic rings. The molecule has 1 fully saturated rings. The molecule has 0 aliphatic carbocycles. The van der Waals surface area contributed by atoms with E-state index in [0.717, 1.165) is 19.4 Å². The van der Waals surface area contributed by atoms with Crippen molar-refractivity contribution in [3.8, 4) is 0 Å². The summed E-state index contributed by atoms with van der Waals surface area (Å²) >= 11 is 0. The highest BCUT2D eigenvalue weighted by Gasteiger charge is 2.25. The van der Waals surface area contributed by atoms with Crippen LogP contribution in [0.3, 0.4) is 0 Å². The van der Waals surface area contributed by atoms with Gasteiger partial charge in [0.25, 0.3) is 15.9 Å². The van der Waals surface area contributed by atoms with E-state index in [4.69, 9.17) is 0 Å². The zero-order chi connectivity index (χ0) is 13.0. The van der Waals surface area contributed by atoms with E-state index in [9.17, 15) is 13.2 Å². The summed E-state index contributed by atoms with van der Waals surface area (Å²) in [5.74, 6) is -0.474. The fourth-order valence-electron chi connectivity index (χ4n) is 1.94. The van der Waals surface area contributed by atoms with Gasteiger partial charge in [0.2, 0.25) is 0 Å². The smallest absolute Gasteiger partial charge is 0.264 e. The molecule has 1 amide bonds. The van der Waals surface area contributed by atoms with Crippen LogP contribution >= 0.6 is 12.4 Å². The van der Waals surface area contributed by atoms with E-state index >= 15 is 0 Å². The summed E-state index contributed by atoms with van der Waals surface area (Å²) in [6.45, 7) is 0.753.